The van der Waals surface area contributed by atoms with Crippen molar-refractivity contribution in [3.8, 4) is 55.6 Å². The molecule has 304 valence electrons. The van der Waals surface area contributed by atoms with Crippen LogP contribution < -0.4 is 0 Å². The van der Waals surface area contributed by atoms with Crippen LogP contribution in [0, 0.1) is 0 Å². The van der Waals surface area contributed by atoms with E-state index in [1.54, 1.807) is 0 Å². The normalized spacial score (nSPS) is 13.3. The van der Waals surface area contributed by atoms with Crippen molar-refractivity contribution in [1.29, 1.82) is 0 Å². The molecule has 0 N–H and O–H groups in total. The van der Waals surface area contributed by atoms with E-state index in [4.69, 9.17) is 4.42 Å². The summed E-state index contributed by atoms with van der Waals surface area (Å²) in [5.74, 6) is 0. The van der Waals surface area contributed by atoms with Crippen LogP contribution in [0.2, 0.25) is 0 Å². The minimum Gasteiger partial charge on any atom is -0.456 e. The van der Waals surface area contributed by atoms with E-state index in [0.29, 0.717) is 0 Å². The smallest absolute Gasteiger partial charge is 0.135 e. The summed E-state index contributed by atoms with van der Waals surface area (Å²) < 4.78 is 6.24. The SMILES string of the molecule is c1ccc2c(c1)-c1ccccc1C21c2cc3ccccc3cc2-c2ccc3cc(-c4ccc(-c5c6ccccc6c(-c6ccc7oc8ccccc8c7c6)c6ccccc56)cc4)ccc3c21. The first-order valence-electron chi connectivity index (χ1n) is 23.0. The highest BCUT2D eigenvalue weighted by Crippen LogP contribution is 2.64. The van der Waals surface area contributed by atoms with Crippen molar-refractivity contribution in [3.05, 3.63) is 253 Å². The largest absolute Gasteiger partial charge is 0.456 e. The molecule has 1 heterocycles. The molecule has 0 aliphatic heterocycles. The quantitative estimate of drug-likeness (QED) is 0.162. The van der Waals surface area contributed by atoms with E-state index < -0.39 is 5.41 Å². The number of rotatable bonds is 3. The Morgan fingerprint density at radius 2 is 0.788 bits per heavy atom. The molecule has 13 aromatic rings. The molecular formula is C65H38O. The van der Waals surface area contributed by atoms with Gasteiger partial charge in [0.15, 0.2) is 0 Å². The molecule has 15 rings (SSSR count). The fraction of sp³-hybridized carbons (Fsp3) is 0.0154. The lowest BCUT2D eigenvalue weighted by Crippen LogP contribution is -2.26. The van der Waals surface area contributed by atoms with Crippen molar-refractivity contribution in [3.63, 3.8) is 0 Å². The van der Waals surface area contributed by atoms with Crippen LogP contribution in [0.15, 0.2) is 235 Å². The Labute approximate surface area is 381 Å². The van der Waals surface area contributed by atoms with E-state index in [2.05, 4.69) is 224 Å². The van der Waals surface area contributed by atoms with Gasteiger partial charge in [-0.05, 0) is 157 Å². The predicted molar refractivity (Wildman–Crippen MR) is 276 cm³/mol. The zero-order chi connectivity index (χ0) is 43.1. The Bertz CT molecular complexity index is 4120. The van der Waals surface area contributed by atoms with Crippen LogP contribution in [-0.2, 0) is 5.41 Å². The summed E-state index contributed by atoms with van der Waals surface area (Å²) in [5.41, 5.74) is 19.5. The van der Waals surface area contributed by atoms with Gasteiger partial charge in [0.2, 0.25) is 0 Å². The Hall–Kier alpha value is -8.52. The van der Waals surface area contributed by atoms with Gasteiger partial charge in [0.05, 0.1) is 5.41 Å². The van der Waals surface area contributed by atoms with Crippen LogP contribution in [0.25, 0.3) is 121 Å². The Morgan fingerprint density at radius 1 is 0.258 bits per heavy atom. The third-order valence-corrected chi connectivity index (χ3v) is 15.0. The third-order valence-electron chi connectivity index (χ3n) is 15.0. The molecule has 1 nitrogen and oxygen atoms in total. The maximum atomic E-state index is 6.24. The highest BCUT2D eigenvalue weighted by Gasteiger charge is 2.52. The van der Waals surface area contributed by atoms with Crippen molar-refractivity contribution in [2.75, 3.05) is 0 Å². The van der Waals surface area contributed by atoms with Crippen LogP contribution in [0.4, 0.5) is 0 Å². The summed E-state index contributed by atoms with van der Waals surface area (Å²) >= 11 is 0. The van der Waals surface area contributed by atoms with Gasteiger partial charge in [-0.2, -0.15) is 0 Å². The fourth-order valence-corrected chi connectivity index (χ4v) is 12.3. The number of fused-ring (bicyclic) bond motifs is 18. The minimum absolute atomic E-state index is 0.425. The van der Waals surface area contributed by atoms with Gasteiger partial charge < -0.3 is 4.42 Å². The van der Waals surface area contributed by atoms with Crippen molar-refractivity contribution < 1.29 is 4.42 Å². The zero-order valence-electron chi connectivity index (χ0n) is 35.8. The maximum absolute atomic E-state index is 6.24. The summed E-state index contributed by atoms with van der Waals surface area (Å²) in [6.07, 6.45) is 0. The first kappa shape index (κ1) is 35.9. The number of furan rings is 1. The van der Waals surface area contributed by atoms with Gasteiger partial charge in [0.25, 0.3) is 0 Å². The molecule has 1 spiro atoms. The topological polar surface area (TPSA) is 13.1 Å². The number of para-hydroxylation sites is 1. The van der Waals surface area contributed by atoms with Gasteiger partial charge in [-0.1, -0.05) is 194 Å². The van der Waals surface area contributed by atoms with Crippen molar-refractivity contribution in [2.24, 2.45) is 0 Å². The second-order valence-corrected chi connectivity index (χ2v) is 18.2. The van der Waals surface area contributed by atoms with Gasteiger partial charge in [-0.25, -0.2) is 0 Å². The summed E-state index contributed by atoms with van der Waals surface area (Å²) in [4.78, 5) is 0. The molecule has 1 heteroatoms. The Kier molecular flexibility index (Phi) is 7.21. The summed E-state index contributed by atoms with van der Waals surface area (Å²) in [7, 11) is 0. The molecule has 0 amide bonds. The molecule has 0 fully saturated rings. The van der Waals surface area contributed by atoms with Crippen LogP contribution in [-0.4, -0.2) is 0 Å². The first-order valence-corrected chi connectivity index (χ1v) is 23.0. The zero-order valence-corrected chi connectivity index (χ0v) is 35.8. The molecule has 0 saturated carbocycles. The third kappa shape index (κ3) is 4.74. The first-order chi connectivity index (χ1) is 32.7. The average molecular weight is 835 g/mol. The molecule has 2 aliphatic carbocycles. The van der Waals surface area contributed by atoms with Gasteiger partial charge in [-0.3, -0.25) is 0 Å². The second kappa shape index (κ2) is 13.3. The van der Waals surface area contributed by atoms with E-state index in [9.17, 15) is 0 Å². The Balaban J connectivity index is 0.882. The molecule has 0 unspecified atom stereocenters. The molecule has 0 saturated heterocycles. The van der Waals surface area contributed by atoms with Gasteiger partial charge >= 0.3 is 0 Å². The molecule has 1 aromatic heterocycles. The number of hydrogen-bond acceptors (Lipinski definition) is 1. The van der Waals surface area contributed by atoms with E-state index in [-0.39, 0.29) is 0 Å². The molecule has 12 aromatic carbocycles. The van der Waals surface area contributed by atoms with E-state index in [0.717, 1.165) is 21.9 Å². The minimum atomic E-state index is -0.425. The maximum Gasteiger partial charge on any atom is 0.135 e. The van der Waals surface area contributed by atoms with Gasteiger partial charge in [0.1, 0.15) is 11.2 Å². The van der Waals surface area contributed by atoms with Crippen LogP contribution in [0.5, 0.6) is 0 Å². The highest BCUT2D eigenvalue weighted by atomic mass is 16.3. The van der Waals surface area contributed by atoms with E-state index >= 15 is 0 Å². The van der Waals surface area contributed by atoms with E-state index in [1.165, 1.54) is 121 Å². The predicted octanol–water partition coefficient (Wildman–Crippen LogP) is 17.5. The lowest BCUT2D eigenvalue weighted by molar-refractivity contribution is 0.669. The summed E-state index contributed by atoms with van der Waals surface area (Å²) in [5, 5.41) is 12.4. The standard InChI is InChI=1S/C65H38O/c1-2-14-42-38-59-55(36-41(42)13-1)54-33-30-44-35-43(29-32-46(44)64(54)65(59)57-22-10-7-15-47(57)48-16-8-11-23-58(48)65)39-25-27-40(28-26-39)62-50-18-3-5-20-52(50)63(53-21-6-4-19-51(53)62)45-31-34-61-56(37-45)49-17-9-12-24-60(49)66-61/h1-38H. The summed E-state index contributed by atoms with van der Waals surface area (Å²) in [6, 6.07) is 85.9. The van der Waals surface area contributed by atoms with Gasteiger partial charge in [-0.15, -0.1) is 0 Å². The highest BCUT2D eigenvalue weighted by molar-refractivity contribution is 6.22. The molecule has 66 heavy (non-hydrogen) atoms. The van der Waals surface area contributed by atoms with Crippen molar-refractivity contribution in [1.82, 2.24) is 0 Å². The van der Waals surface area contributed by atoms with Crippen LogP contribution in [0.3, 0.4) is 0 Å². The molecular weight excluding hydrogens is 797 g/mol. The molecule has 2 aliphatic rings. The summed E-state index contributed by atoms with van der Waals surface area (Å²) in [6.45, 7) is 0. The second-order valence-electron chi connectivity index (χ2n) is 18.2. The van der Waals surface area contributed by atoms with Crippen LogP contribution >= 0.6 is 0 Å². The lowest BCUT2D eigenvalue weighted by Gasteiger charge is -2.31. The van der Waals surface area contributed by atoms with E-state index in [1.807, 2.05) is 6.07 Å². The number of hydrogen-bond donors (Lipinski definition) is 0. The monoisotopic (exact) mass is 834 g/mol. The average Bonchev–Trinajstić information content (AvgIpc) is 4.00. The fourth-order valence-electron chi connectivity index (χ4n) is 12.3. The van der Waals surface area contributed by atoms with Gasteiger partial charge in [0, 0.05) is 10.8 Å². The van der Waals surface area contributed by atoms with Crippen molar-refractivity contribution >= 4 is 65.0 Å². The number of benzene rings is 12. The molecule has 0 bridgehead atoms. The van der Waals surface area contributed by atoms with Crippen molar-refractivity contribution in [2.45, 2.75) is 5.41 Å². The van der Waals surface area contributed by atoms with Crippen LogP contribution in [0.1, 0.15) is 22.3 Å². The Morgan fingerprint density at radius 3 is 1.48 bits per heavy atom. The molecule has 0 atom stereocenters. The molecule has 0 radical (unpaired) electrons. The lowest BCUT2D eigenvalue weighted by atomic mass is 9.69.